The van der Waals surface area contributed by atoms with E-state index in [9.17, 15) is 8.78 Å². The van der Waals surface area contributed by atoms with Crippen LogP contribution in [-0.4, -0.2) is 0 Å². The molecule has 0 saturated heterocycles. The standard InChI is InChI=1S/C14H11F2.Ti/c1-9-3-4-11(7-10(9)2)13-6-5-12(15)8-14(13)16;/h3-7H,1-2H3;/q-1;. The van der Waals surface area contributed by atoms with Crippen LogP contribution in [0.3, 0.4) is 0 Å². The van der Waals surface area contributed by atoms with Crippen molar-refractivity contribution in [2.45, 2.75) is 13.8 Å². The number of hydrogen-bond acceptors (Lipinski definition) is 0. The monoisotopic (exact) mass is 265 g/mol. The molecule has 0 amide bonds. The van der Waals surface area contributed by atoms with E-state index in [2.05, 4.69) is 0 Å². The molecule has 0 heterocycles. The van der Waals surface area contributed by atoms with E-state index in [0.29, 0.717) is 5.56 Å². The van der Waals surface area contributed by atoms with E-state index in [4.69, 9.17) is 0 Å². The Hall–Kier alpha value is -0.986. The Morgan fingerprint density at radius 3 is 2.24 bits per heavy atom. The molecule has 0 N–H and O–H groups in total. The Morgan fingerprint density at radius 2 is 1.65 bits per heavy atom. The summed E-state index contributed by atoms with van der Waals surface area (Å²) in [6.45, 7) is 3.95. The van der Waals surface area contributed by atoms with Gasteiger partial charge in [0.1, 0.15) is 0 Å². The molecule has 0 fully saturated rings. The van der Waals surface area contributed by atoms with Crippen molar-refractivity contribution in [2.24, 2.45) is 0 Å². The van der Waals surface area contributed by atoms with Crippen molar-refractivity contribution >= 4 is 0 Å². The van der Waals surface area contributed by atoms with E-state index in [0.717, 1.165) is 16.7 Å². The van der Waals surface area contributed by atoms with Crippen molar-refractivity contribution in [1.29, 1.82) is 0 Å². The number of rotatable bonds is 1. The minimum absolute atomic E-state index is 0. The Bertz CT molecular complexity index is 536. The number of halogens is 2. The second-order valence-electron chi connectivity index (χ2n) is 3.83. The average Bonchev–Trinajstić information content (AvgIpc) is 2.22. The van der Waals surface area contributed by atoms with Gasteiger partial charge in [0.15, 0.2) is 0 Å². The van der Waals surface area contributed by atoms with Crippen LogP contribution in [0.25, 0.3) is 11.1 Å². The second-order valence-corrected chi connectivity index (χ2v) is 3.83. The number of aryl methyl sites for hydroxylation is 2. The Labute approximate surface area is 115 Å². The van der Waals surface area contributed by atoms with Crippen molar-refractivity contribution in [3.8, 4) is 11.1 Å². The van der Waals surface area contributed by atoms with Crippen LogP contribution in [0.5, 0.6) is 0 Å². The molecule has 0 saturated carbocycles. The summed E-state index contributed by atoms with van der Waals surface area (Å²) in [5.41, 5.74) is 3.36. The maximum Gasteiger partial charge on any atom is 0.0212 e. The summed E-state index contributed by atoms with van der Waals surface area (Å²) in [6, 6.07) is 10.3. The second kappa shape index (κ2) is 5.57. The zero-order valence-corrected chi connectivity index (χ0v) is 11.2. The summed E-state index contributed by atoms with van der Waals surface area (Å²) in [4.78, 5) is 0. The summed E-state index contributed by atoms with van der Waals surface area (Å²) in [5, 5.41) is 0. The van der Waals surface area contributed by atoms with Gasteiger partial charge in [0.25, 0.3) is 0 Å². The molecule has 0 bridgehead atoms. The molecule has 3 heteroatoms. The molecule has 0 aliphatic carbocycles. The van der Waals surface area contributed by atoms with Gasteiger partial charge in [-0.2, -0.15) is 6.07 Å². The van der Waals surface area contributed by atoms with E-state index in [-0.39, 0.29) is 21.7 Å². The van der Waals surface area contributed by atoms with Crippen molar-refractivity contribution in [2.75, 3.05) is 0 Å². The quantitative estimate of drug-likeness (QED) is 0.539. The Kier molecular flexibility index (Phi) is 4.61. The van der Waals surface area contributed by atoms with Crippen LogP contribution in [-0.2, 0) is 21.7 Å². The van der Waals surface area contributed by atoms with E-state index in [1.54, 1.807) is 0 Å². The zero-order valence-electron chi connectivity index (χ0n) is 9.64. The van der Waals surface area contributed by atoms with Gasteiger partial charge in [-0.15, -0.1) is 12.1 Å². The van der Waals surface area contributed by atoms with Crippen LogP contribution in [0, 0.1) is 31.5 Å². The molecule has 0 aliphatic heterocycles. The molecule has 17 heavy (non-hydrogen) atoms. The largest absolute Gasteiger partial charge is 0.236 e. The van der Waals surface area contributed by atoms with E-state index in [1.165, 1.54) is 12.1 Å². The van der Waals surface area contributed by atoms with Crippen molar-refractivity contribution in [1.82, 2.24) is 0 Å². The van der Waals surface area contributed by atoms with Gasteiger partial charge in [-0.3, -0.25) is 0 Å². The van der Waals surface area contributed by atoms with Gasteiger partial charge in [-0.05, 0) is 25.0 Å². The molecule has 2 rings (SSSR count). The molecule has 2 aromatic rings. The first kappa shape index (κ1) is 14.1. The Morgan fingerprint density at radius 1 is 0.941 bits per heavy atom. The van der Waals surface area contributed by atoms with Crippen LogP contribution in [0.2, 0.25) is 0 Å². The minimum Gasteiger partial charge on any atom is -0.236 e. The molecule has 2 aromatic carbocycles. The van der Waals surface area contributed by atoms with Gasteiger partial charge < -0.3 is 0 Å². The van der Waals surface area contributed by atoms with E-state index in [1.807, 2.05) is 38.1 Å². The van der Waals surface area contributed by atoms with Gasteiger partial charge in [-0.25, -0.2) is 8.78 Å². The third-order valence-electron chi connectivity index (χ3n) is 2.68. The predicted molar refractivity (Wildman–Crippen MR) is 60.1 cm³/mol. The third kappa shape index (κ3) is 3.02. The Balaban J connectivity index is 0.00000144. The first-order valence-electron chi connectivity index (χ1n) is 5.03. The molecule has 0 unspecified atom stereocenters. The normalized spacial score (nSPS) is 9.88. The average molecular weight is 265 g/mol. The fourth-order valence-electron chi connectivity index (χ4n) is 1.58. The van der Waals surface area contributed by atoms with E-state index >= 15 is 0 Å². The zero-order chi connectivity index (χ0) is 11.7. The summed E-state index contributed by atoms with van der Waals surface area (Å²) in [6.07, 6.45) is 0. The van der Waals surface area contributed by atoms with Crippen LogP contribution >= 0.6 is 0 Å². The van der Waals surface area contributed by atoms with Crippen LogP contribution in [0.4, 0.5) is 8.78 Å². The number of benzene rings is 2. The summed E-state index contributed by atoms with van der Waals surface area (Å²) < 4.78 is 26.2. The van der Waals surface area contributed by atoms with Gasteiger partial charge in [0.05, 0.1) is 0 Å². The smallest absolute Gasteiger partial charge is 0.0212 e. The molecule has 86 valence electrons. The first-order valence-corrected chi connectivity index (χ1v) is 5.03. The van der Waals surface area contributed by atoms with Crippen molar-refractivity contribution in [3.05, 3.63) is 59.2 Å². The molecular weight excluding hydrogens is 254 g/mol. The first-order chi connectivity index (χ1) is 7.58. The molecule has 0 nitrogen and oxygen atoms in total. The summed E-state index contributed by atoms with van der Waals surface area (Å²) in [7, 11) is 0. The maximum atomic E-state index is 13.5. The molecule has 0 spiro atoms. The van der Waals surface area contributed by atoms with Crippen LogP contribution < -0.4 is 0 Å². The van der Waals surface area contributed by atoms with Gasteiger partial charge in [-0.1, -0.05) is 29.3 Å². The van der Waals surface area contributed by atoms with Crippen molar-refractivity contribution < 1.29 is 30.5 Å². The predicted octanol–water partition coefficient (Wildman–Crippen LogP) is 4.05. The minimum atomic E-state index is -0.676. The summed E-state index contributed by atoms with van der Waals surface area (Å²) in [5.74, 6) is -1.33. The topological polar surface area (TPSA) is 0 Å². The molecule has 0 aliphatic rings. The van der Waals surface area contributed by atoms with Crippen LogP contribution in [0.1, 0.15) is 11.1 Å². The van der Waals surface area contributed by atoms with Gasteiger partial charge >= 0.3 is 0 Å². The van der Waals surface area contributed by atoms with E-state index < -0.39 is 11.6 Å². The van der Waals surface area contributed by atoms with Gasteiger partial charge in [0.2, 0.25) is 0 Å². The molecule has 0 atom stereocenters. The molecule has 0 aromatic heterocycles. The summed E-state index contributed by atoms with van der Waals surface area (Å²) >= 11 is 0. The molecular formula is C14H11F2Ti-. The third-order valence-corrected chi connectivity index (χ3v) is 2.68. The van der Waals surface area contributed by atoms with Crippen molar-refractivity contribution in [3.63, 3.8) is 0 Å². The fourth-order valence-corrected chi connectivity index (χ4v) is 1.58. The molecule has 0 radical (unpaired) electrons. The maximum absolute atomic E-state index is 13.5. The fraction of sp³-hybridized carbons (Fsp3) is 0.143. The van der Waals surface area contributed by atoms with Gasteiger partial charge in [0, 0.05) is 33.4 Å². The number of hydrogen-bond donors (Lipinski definition) is 0. The SMILES string of the molecule is Cc1ccc(-c2ccc(F)[c-]c2F)cc1C.[Ti]. The van der Waals surface area contributed by atoms with Crippen LogP contribution in [0.15, 0.2) is 30.3 Å².